The number of benzene rings is 2. The number of carbonyl (C=O) groups is 1. The molecule has 2 aromatic rings. The Hall–Kier alpha value is -1.90. The second kappa shape index (κ2) is 8.46. The van der Waals surface area contributed by atoms with Gasteiger partial charge in [0.25, 0.3) is 0 Å². The molecule has 0 aromatic heterocycles. The van der Waals surface area contributed by atoms with Gasteiger partial charge in [0, 0.05) is 16.7 Å². The summed E-state index contributed by atoms with van der Waals surface area (Å²) in [5.74, 6) is 0.159. The van der Waals surface area contributed by atoms with Gasteiger partial charge >= 0.3 is 0 Å². The van der Waals surface area contributed by atoms with Gasteiger partial charge in [-0.15, -0.1) is 0 Å². The summed E-state index contributed by atoms with van der Waals surface area (Å²) < 4.78 is 32.4. The lowest BCUT2D eigenvalue weighted by Gasteiger charge is -2.20. The smallest absolute Gasteiger partial charge is 0.243 e. The molecule has 6 nitrogen and oxygen atoms in total. The number of hydrogen-bond acceptors (Lipinski definition) is 4. The van der Waals surface area contributed by atoms with Gasteiger partial charge in [-0.25, -0.2) is 8.42 Å². The maximum Gasteiger partial charge on any atom is 0.243 e. The summed E-state index contributed by atoms with van der Waals surface area (Å²) in [6.07, 6.45) is 0. The fraction of sp³-hybridized carbons (Fsp3) is 0.235. The van der Waals surface area contributed by atoms with E-state index in [1.54, 1.807) is 37.3 Å². The van der Waals surface area contributed by atoms with Crippen molar-refractivity contribution in [3.05, 3.63) is 53.0 Å². The minimum Gasteiger partial charge on any atom is -0.497 e. The second-order valence-corrected chi connectivity index (χ2v) is 8.02. The number of nitrogens with one attached hydrogen (secondary N) is 1. The van der Waals surface area contributed by atoms with Crippen molar-refractivity contribution in [2.75, 3.05) is 25.5 Å². The standard InChI is InChI=1S/C17H19BrN2O4S/c1-3-20(12-17(21)19-14-6-4-5-13(18)11-14)25(22,23)16-9-7-15(24-2)8-10-16/h4-11H,3,12H2,1-2H3,(H,19,21). The maximum atomic E-state index is 12.7. The molecule has 0 atom stereocenters. The Morgan fingerprint density at radius 1 is 1.20 bits per heavy atom. The lowest BCUT2D eigenvalue weighted by atomic mass is 10.3. The number of methoxy groups -OCH3 is 1. The largest absolute Gasteiger partial charge is 0.497 e. The summed E-state index contributed by atoms with van der Waals surface area (Å²) in [5, 5.41) is 2.69. The van der Waals surface area contributed by atoms with Crippen LogP contribution in [0, 0.1) is 0 Å². The third-order valence-electron chi connectivity index (χ3n) is 3.48. The van der Waals surface area contributed by atoms with Gasteiger partial charge in [0.15, 0.2) is 0 Å². The Morgan fingerprint density at radius 3 is 2.44 bits per heavy atom. The number of carbonyl (C=O) groups excluding carboxylic acids is 1. The molecular weight excluding hydrogens is 408 g/mol. The van der Waals surface area contributed by atoms with Crippen LogP contribution in [-0.4, -0.2) is 38.8 Å². The molecule has 0 spiro atoms. The van der Waals surface area contributed by atoms with Crippen LogP contribution in [0.2, 0.25) is 0 Å². The Kier molecular flexibility index (Phi) is 6.57. The van der Waals surface area contributed by atoms with Crippen molar-refractivity contribution in [1.82, 2.24) is 4.31 Å². The van der Waals surface area contributed by atoms with Crippen molar-refractivity contribution < 1.29 is 17.9 Å². The first kappa shape index (κ1) is 19.4. The molecule has 0 saturated heterocycles. The second-order valence-electron chi connectivity index (χ2n) is 5.17. The number of hydrogen-bond donors (Lipinski definition) is 1. The molecule has 2 rings (SSSR count). The van der Waals surface area contributed by atoms with Crippen LogP contribution in [-0.2, 0) is 14.8 Å². The molecular formula is C17H19BrN2O4S. The molecule has 0 aliphatic carbocycles. The molecule has 25 heavy (non-hydrogen) atoms. The number of anilines is 1. The van der Waals surface area contributed by atoms with Crippen molar-refractivity contribution in [1.29, 1.82) is 0 Å². The molecule has 0 radical (unpaired) electrons. The van der Waals surface area contributed by atoms with Gasteiger partial charge in [0.05, 0.1) is 18.6 Å². The SMILES string of the molecule is CCN(CC(=O)Nc1cccc(Br)c1)S(=O)(=O)c1ccc(OC)cc1. The first-order chi connectivity index (χ1) is 11.9. The van der Waals surface area contributed by atoms with E-state index in [-0.39, 0.29) is 18.0 Å². The number of likely N-dealkylation sites (N-methyl/N-ethyl adjacent to an activating group) is 1. The number of ether oxygens (including phenoxy) is 1. The van der Waals surface area contributed by atoms with Gasteiger partial charge in [-0.1, -0.05) is 28.9 Å². The number of amides is 1. The Labute approximate surface area is 156 Å². The highest BCUT2D eigenvalue weighted by Crippen LogP contribution is 2.20. The summed E-state index contributed by atoms with van der Waals surface area (Å²) >= 11 is 3.32. The zero-order chi connectivity index (χ0) is 18.4. The van der Waals surface area contributed by atoms with E-state index in [4.69, 9.17) is 4.74 Å². The van der Waals surface area contributed by atoms with E-state index in [0.717, 1.165) is 8.78 Å². The molecule has 0 saturated carbocycles. The fourth-order valence-electron chi connectivity index (χ4n) is 2.19. The van der Waals surface area contributed by atoms with Crippen LogP contribution in [0.5, 0.6) is 5.75 Å². The highest BCUT2D eigenvalue weighted by Gasteiger charge is 2.25. The van der Waals surface area contributed by atoms with Gasteiger partial charge in [-0.3, -0.25) is 4.79 Å². The van der Waals surface area contributed by atoms with E-state index < -0.39 is 15.9 Å². The maximum absolute atomic E-state index is 12.7. The molecule has 1 amide bonds. The summed E-state index contributed by atoms with van der Waals surface area (Å²) in [6.45, 7) is 1.60. The molecule has 2 aromatic carbocycles. The summed E-state index contributed by atoms with van der Waals surface area (Å²) in [4.78, 5) is 12.3. The van der Waals surface area contributed by atoms with Gasteiger partial charge in [0.1, 0.15) is 5.75 Å². The zero-order valence-corrected chi connectivity index (χ0v) is 16.3. The molecule has 0 aliphatic rings. The van der Waals surface area contributed by atoms with E-state index in [1.165, 1.54) is 19.2 Å². The molecule has 0 unspecified atom stereocenters. The first-order valence-electron chi connectivity index (χ1n) is 7.56. The van der Waals surface area contributed by atoms with Crippen LogP contribution in [0.25, 0.3) is 0 Å². The Balaban J connectivity index is 2.13. The number of nitrogens with zero attached hydrogens (tertiary/aromatic N) is 1. The molecule has 0 fully saturated rings. The normalized spacial score (nSPS) is 11.4. The molecule has 1 N–H and O–H groups in total. The van der Waals surface area contributed by atoms with Gasteiger partial charge in [-0.2, -0.15) is 4.31 Å². The zero-order valence-electron chi connectivity index (χ0n) is 13.9. The number of sulfonamides is 1. The molecule has 134 valence electrons. The minimum atomic E-state index is -3.76. The average Bonchev–Trinajstić information content (AvgIpc) is 2.59. The van der Waals surface area contributed by atoms with Crippen molar-refractivity contribution in [3.8, 4) is 5.75 Å². The Morgan fingerprint density at radius 2 is 1.88 bits per heavy atom. The summed E-state index contributed by atoms with van der Waals surface area (Å²) in [5.41, 5.74) is 0.595. The van der Waals surface area contributed by atoms with E-state index in [1.807, 2.05) is 6.07 Å². The van der Waals surface area contributed by atoms with Gasteiger partial charge < -0.3 is 10.1 Å². The van der Waals surface area contributed by atoms with Crippen molar-refractivity contribution in [3.63, 3.8) is 0 Å². The molecule has 0 heterocycles. The third-order valence-corrected chi connectivity index (χ3v) is 5.91. The van der Waals surface area contributed by atoms with E-state index in [0.29, 0.717) is 11.4 Å². The van der Waals surface area contributed by atoms with E-state index in [9.17, 15) is 13.2 Å². The quantitative estimate of drug-likeness (QED) is 0.737. The van der Waals surface area contributed by atoms with E-state index in [2.05, 4.69) is 21.2 Å². The lowest BCUT2D eigenvalue weighted by Crippen LogP contribution is -2.37. The van der Waals surface area contributed by atoms with Crippen LogP contribution in [0.15, 0.2) is 57.9 Å². The lowest BCUT2D eigenvalue weighted by molar-refractivity contribution is -0.116. The van der Waals surface area contributed by atoms with Gasteiger partial charge in [-0.05, 0) is 42.5 Å². The average molecular weight is 427 g/mol. The molecule has 0 aliphatic heterocycles. The van der Waals surface area contributed by atoms with Crippen LogP contribution in [0.4, 0.5) is 5.69 Å². The van der Waals surface area contributed by atoms with Crippen LogP contribution < -0.4 is 10.1 Å². The van der Waals surface area contributed by atoms with Crippen LogP contribution >= 0.6 is 15.9 Å². The van der Waals surface area contributed by atoms with Crippen LogP contribution in [0.3, 0.4) is 0 Å². The number of rotatable bonds is 7. The highest BCUT2D eigenvalue weighted by atomic mass is 79.9. The minimum absolute atomic E-state index is 0.116. The monoisotopic (exact) mass is 426 g/mol. The van der Waals surface area contributed by atoms with E-state index >= 15 is 0 Å². The van der Waals surface area contributed by atoms with Crippen molar-refractivity contribution >= 4 is 37.5 Å². The predicted octanol–water partition coefficient (Wildman–Crippen LogP) is 3.11. The van der Waals surface area contributed by atoms with Gasteiger partial charge in [0.2, 0.25) is 15.9 Å². The topological polar surface area (TPSA) is 75.7 Å². The predicted molar refractivity (Wildman–Crippen MR) is 100 cm³/mol. The fourth-order valence-corrected chi connectivity index (χ4v) is 3.99. The summed E-state index contributed by atoms with van der Waals surface area (Å²) in [7, 11) is -2.26. The first-order valence-corrected chi connectivity index (χ1v) is 9.79. The third kappa shape index (κ3) is 5.04. The van der Waals surface area contributed by atoms with Crippen LogP contribution in [0.1, 0.15) is 6.92 Å². The molecule has 0 bridgehead atoms. The highest BCUT2D eigenvalue weighted by molar-refractivity contribution is 9.10. The Bertz CT molecular complexity index is 838. The number of halogens is 1. The van der Waals surface area contributed by atoms with Crippen molar-refractivity contribution in [2.45, 2.75) is 11.8 Å². The van der Waals surface area contributed by atoms with Crippen molar-refractivity contribution in [2.24, 2.45) is 0 Å². The summed E-state index contributed by atoms with van der Waals surface area (Å²) in [6, 6.07) is 13.2. The molecule has 8 heteroatoms.